The summed E-state index contributed by atoms with van der Waals surface area (Å²) in [5.41, 5.74) is 3.48. The minimum absolute atomic E-state index is 0.364. The maximum atomic E-state index is 14.1. The molecule has 0 unspecified atom stereocenters. The first-order valence-corrected chi connectivity index (χ1v) is 14.4. The van der Waals surface area contributed by atoms with Gasteiger partial charge in [-0.25, -0.2) is 12.8 Å². The number of alkyl halides is 3. The van der Waals surface area contributed by atoms with E-state index in [0.29, 0.717) is 12.0 Å². The van der Waals surface area contributed by atoms with Crippen LogP contribution in [-0.2, 0) is 27.8 Å². The Morgan fingerprint density at radius 1 is 1.08 bits per heavy atom. The van der Waals surface area contributed by atoms with Crippen LogP contribution in [0.4, 0.5) is 17.6 Å². The predicted octanol–water partition coefficient (Wildman–Crippen LogP) is 4.91. The molecule has 0 aromatic heterocycles. The van der Waals surface area contributed by atoms with E-state index in [1.165, 1.54) is 42.5 Å². The molecule has 38 heavy (non-hydrogen) atoms. The molecule has 1 aliphatic heterocycles. The number of hydrogen-bond donors (Lipinski definition) is 2. The van der Waals surface area contributed by atoms with Crippen molar-refractivity contribution in [3.8, 4) is 0 Å². The van der Waals surface area contributed by atoms with Crippen molar-refractivity contribution in [2.24, 2.45) is 0 Å². The third-order valence-electron chi connectivity index (χ3n) is 7.17. The summed E-state index contributed by atoms with van der Waals surface area (Å²) in [6, 6.07) is 6.01. The van der Waals surface area contributed by atoms with Crippen molar-refractivity contribution in [3.05, 3.63) is 64.5 Å². The topological polar surface area (TPSA) is 78.5 Å². The number of carbonyl (C=O) groups excluding carboxylic acids is 1. The Hall–Kier alpha value is -2.50. The summed E-state index contributed by atoms with van der Waals surface area (Å²) < 4.78 is 82.0. The number of sulfonamides is 1. The van der Waals surface area contributed by atoms with Crippen molar-refractivity contribution in [1.82, 2.24) is 14.9 Å². The highest BCUT2D eigenvalue weighted by atomic mass is 32.2. The Kier molecular flexibility index (Phi) is 8.78. The van der Waals surface area contributed by atoms with Gasteiger partial charge in [-0.05, 0) is 86.5 Å². The number of hydrogen-bond acceptors (Lipinski definition) is 4. The lowest BCUT2D eigenvalue weighted by atomic mass is 9.86. The quantitative estimate of drug-likeness (QED) is 0.454. The Labute approximate surface area is 220 Å². The zero-order valence-corrected chi connectivity index (χ0v) is 22.1. The van der Waals surface area contributed by atoms with Crippen molar-refractivity contribution < 1.29 is 30.8 Å². The van der Waals surface area contributed by atoms with Gasteiger partial charge >= 0.3 is 6.18 Å². The van der Waals surface area contributed by atoms with E-state index in [1.54, 1.807) is 0 Å². The molecule has 0 radical (unpaired) electrons. The number of aryl methyl sites for hydroxylation is 2. The summed E-state index contributed by atoms with van der Waals surface area (Å²) in [5.74, 6) is -2.11. The number of carbonyl (C=O) groups is 1. The van der Waals surface area contributed by atoms with E-state index in [-0.39, 0.29) is 0 Å². The molecule has 1 saturated heterocycles. The van der Waals surface area contributed by atoms with E-state index in [2.05, 4.69) is 16.3 Å². The highest BCUT2D eigenvalue weighted by Gasteiger charge is 2.44. The summed E-state index contributed by atoms with van der Waals surface area (Å²) >= 11 is 0. The van der Waals surface area contributed by atoms with Crippen LogP contribution in [0.25, 0.3) is 0 Å². The molecule has 1 heterocycles. The zero-order chi connectivity index (χ0) is 27.5. The minimum Gasteiger partial charge on any atom is -0.349 e. The van der Waals surface area contributed by atoms with Crippen LogP contribution in [0.3, 0.4) is 0 Å². The molecule has 11 heteroatoms. The van der Waals surface area contributed by atoms with Gasteiger partial charge in [0.05, 0.1) is 12.5 Å². The second-order valence-corrected chi connectivity index (χ2v) is 11.9. The van der Waals surface area contributed by atoms with Crippen LogP contribution >= 0.6 is 0 Å². The largest absolute Gasteiger partial charge is 0.405 e. The van der Waals surface area contributed by atoms with Gasteiger partial charge in [-0.1, -0.05) is 30.7 Å². The van der Waals surface area contributed by atoms with E-state index in [9.17, 15) is 30.8 Å². The molecule has 0 spiro atoms. The average Bonchev–Trinajstić information content (AvgIpc) is 2.85. The monoisotopic (exact) mass is 555 g/mol. The van der Waals surface area contributed by atoms with Crippen molar-refractivity contribution in [1.29, 1.82) is 0 Å². The Balaban J connectivity index is 1.44. The second-order valence-electron chi connectivity index (χ2n) is 10.2. The maximum absolute atomic E-state index is 14.1. The lowest BCUT2D eigenvalue weighted by molar-refractivity contribution is -0.158. The minimum atomic E-state index is -5.06. The molecule has 2 atom stereocenters. The SMILES string of the molecule is Cc1ccc(F)c(S(=O)(=O)N[C@H](CC(=O)N[C@@H]2CCCc3cc(CN4CCCCC4)ccc32)C(F)(F)F)c1. The van der Waals surface area contributed by atoms with E-state index in [1.807, 2.05) is 12.1 Å². The number of fused-ring (bicyclic) bond motifs is 1. The molecule has 208 valence electrons. The van der Waals surface area contributed by atoms with Crippen molar-refractivity contribution >= 4 is 15.9 Å². The van der Waals surface area contributed by atoms with Gasteiger partial charge in [0, 0.05) is 6.54 Å². The van der Waals surface area contributed by atoms with Crippen LogP contribution in [0.15, 0.2) is 41.3 Å². The van der Waals surface area contributed by atoms with Gasteiger partial charge in [0.15, 0.2) is 0 Å². The lowest BCUT2D eigenvalue weighted by Gasteiger charge is -2.30. The number of amides is 1. The van der Waals surface area contributed by atoms with Gasteiger partial charge < -0.3 is 5.32 Å². The van der Waals surface area contributed by atoms with Crippen LogP contribution in [-0.4, -0.2) is 44.5 Å². The summed E-state index contributed by atoms with van der Waals surface area (Å²) in [6.07, 6.45) is -0.423. The highest BCUT2D eigenvalue weighted by Crippen LogP contribution is 2.32. The molecular formula is C27H33F4N3O3S. The van der Waals surface area contributed by atoms with E-state index < -0.39 is 51.3 Å². The Morgan fingerprint density at radius 2 is 1.82 bits per heavy atom. The van der Waals surface area contributed by atoms with E-state index in [4.69, 9.17) is 0 Å². The molecule has 1 fully saturated rings. The van der Waals surface area contributed by atoms with Gasteiger partial charge in [-0.3, -0.25) is 9.69 Å². The van der Waals surface area contributed by atoms with Crippen molar-refractivity contribution in [3.63, 3.8) is 0 Å². The molecule has 0 bridgehead atoms. The van der Waals surface area contributed by atoms with Crippen molar-refractivity contribution in [2.45, 2.75) is 81.6 Å². The molecule has 1 amide bonds. The first-order valence-electron chi connectivity index (χ1n) is 12.9. The van der Waals surface area contributed by atoms with Gasteiger partial charge in [-0.2, -0.15) is 17.9 Å². The van der Waals surface area contributed by atoms with Gasteiger partial charge in [0.2, 0.25) is 15.9 Å². The van der Waals surface area contributed by atoms with Crippen LogP contribution < -0.4 is 10.0 Å². The molecule has 2 aromatic carbocycles. The first-order chi connectivity index (χ1) is 17.9. The number of rotatable bonds is 8. The normalized spacial score (nSPS) is 19.6. The van der Waals surface area contributed by atoms with Gasteiger partial charge in [0.1, 0.15) is 16.8 Å². The molecule has 1 aliphatic carbocycles. The van der Waals surface area contributed by atoms with Gasteiger partial charge in [-0.15, -0.1) is 0 Å². The van der Waals surface area contributed by atoms with Crippen LogP contribution in [0.1, 0.15) is 66.8 Å². The fourth-order valence-corrected chi connectivity index (χ4v) is 6.61. The highest BCUT2D eigenvalue weighted by molar-refractivity contribution is 7.89. The summed E-state index contributed by atoms with van der Waals surface area (Å²) in [7, 11) is -4.87. The standard InChI is InChI=1S/C27H33F4N3O3S/c1-18-8-11-22(28)24(14-18)38(36,37)33-25(27(29,30)31)16-26(35)32-23-7-5-6-20-15-19(9-10-21(20)23)17-34-12-3-2-4-13-34/h8-11,14-15,23,25,33H,2-7,12-13,16-17H2,1H3,(H,32,35)/t23-,25-/m1/s1. The molecule has 6 nitrogen and oxygen atoms in total. The summed E-state index contributed by atoms with van der Waals surface area (Å²) in [4.78, 5) is 14.2. The first kappa shape index (κ1) is 28.5. The third-order valence-corrected chi connectivity index (χ3v) is 8.66. The van der Waals surface area contributed by atoms with Crippen molar-refractivity contribution in [2.75, 3.05) is 13.1 Å². The second kappa shape index (κ2) is 11.7. The molecule has 2 N–H and O–H groups in total. The molecular weight excluding hydrogens is 522 g/mol. The van der Waals surface area contributed by atoms with Crippen LogP contribution in [0, 0.1) is 12.7 Å². The molecule has 2 aliphatic rings. The molecule has 2 aromatic rings. The predicted molar refractivity (Wildman–Crippen MR) is 135 cm³/mol. The zero-order valence-electron chi connectivity index (χ0n) is 21.3. The van der Waals surface area contributed by atoms with Crippen LogP contribution in [0.5, 0.6) is 0 Å². The third kappa shape index (κ3) is 7.12. The summed E-state index contributed by atoms with van der Waals surface area (Å²) in [5, 5.41) is 2.67. The average molecular weight is 556 g/mol. The van der Waals surface area contributed by atoms with Crippen LogP contribution in [0.2, 0.25) is 0 Å². The lowest BCUT2D eigenvalue weighted by Crippen LogP contribution is -2.48. The fourth-order valence-electron chi connectivity index (χ4n) is 5.22. The number of benzene rings is 2. The van der Waals surface area contributed by atoms with E-state index in [0.717, 1.165) is 55.7 Å². The number of nitrogens with zero attached hydrogens (tertiary/aromatic N) is 1. The number of halogens is 4. The number of piperidine rings is 1. The maximum Gasteiger partial charge on any atom is 0.405 e. The molecule has 0 saturated carbocycles. The molecule has 4 rings (SSSR count). The Bertz CT molecular complexity index is 1260. The summed E-state index contributed by atoms with van der Waals surface area (Å²) in [6.45, 7) is 4.47. The van der Waals surface area contributed by atoms with E-state index >= 15 is 0 Å². The fraction of sp³-hybridized carbons (Fsp3) is 0.519. The van der Waals surface area contributed by atoms with Gasteiger partial charge in [0.25, 0.3) is 0 Å². The number of nitrogens with one attached hydrogen (secondary N) is 2. The Morgan fingerprint density at radius 3 is 2.53 bits per heavy atom. The number of likely N-dealkylation sites (tertiary alicyclic amines) is 1. The smallest absolute Gasteiger partial charge is 0.349 e.